The third kappa shape index (κ3) is 3.97. The van der Waals surface area contributed by atoms with Crippen LogP contribution in [0.2, 0.25) is 0 Å². The molecule has 0 aliphatic carbocycles. The molecule has 0 bridgehead atoms. The molecule has 24 heavy (non-hydrogen) atoms. The van der Waals surface area contributed by atoms with Gasteiger partial charge in [-0.15, -0.1) is 0 Å². The fraction of sp³-hybridized carbons (Fsp3) is 0.211. The molecule has 2 aromatic carbocycles. The van der Waals surface area contributed by atoms with E-state index in [9.17, 15) is 4.79 Å². The summed E-state index contributed by atoms with van der Waals surface area (Å²) in [5, 5.41) is 2.94. The van der Waals surface area contributed by atoms with Crippen molar-refractivity contribution in [2.24, 2.45) is 0 Å². The predicted octanol–water partition coefficient (Wildman–Crippen LogP) is 3.59. The van der Waals surface area contributed by atoms with Crippen molar-refractivity contribution in [3.05, 3.63) is 63.6 Å². The van der Waals surface area contributed by atoms with Gasteiger partial charge in [-0.1, -0.05) is 28.1 Å². The maximum atomic E-state index is 12.3. The van der Waals surface area contributed by atoms with E-state index in [0.29, 0.717) is 18.7 Å². The van der Waals surface area contributed by atoms with E-state index in [2.05, 4.69) is 21.2 Å². The third-order valence-corrected chi connectivity index (χ3v) is 4.33. The highest BCUT2D eigenvalue weighted by atomic mass is 79.9. The van der Waals surface area contributed by atoms with E-state index in [-0.39, 0.29) is 5.91 Å². The van der Waals surface area contributed by atoms with Crippen molar-refractivity contribution in [3.8, 4) is 11.5 Å². The van der Waals surface area contributed by atoms with E-state index in [0.717, 1.165) is 33.5 Å². The number of carbonyl (C=O) groups is 1. The molecule has 0 spiro atoms. The van der Waals surface area contributed by atoms with Crippen molar-refractivity contribution < 1.29 is 14.3 Å². The van der Waals surface area contributed by atoms with Gasteiger partial charge in [0.1, 0.15) is 18.1 Å². The maximum absolute atomic E-state index is 12.3. The summed E-state index contributed by atoms with van der Waals surface area (Å²) < 4.78 is 11.7. The first kappa shape index (κ1) is 16.6. The molecule has 1 aliphatic rings. The minimum absolute atomic E-state index is 0.0888. The van der Waals surface area contributed by atoms with E-state index < -0.39 is 0 Å². The Bertz CT molecular complexity index is 769. The molecule has 0 atom stereocenters. The van der Waals surface area contributed by atoms with Gasteiger partial charge in [-0.05, 0) is 48.4 Å². The Morgan fingerprint density at radius 3 is 2.79 bits per heavy atom. The number of methoxy groups -OCH3 is 1. The summed E-state index contributed by atoms with van der Waals surface area (Å²) in [5.74, 6) is 1.54. The molecule has 0 radical (unpaired) electrons. The predicted molar refractivity (Wildman–Crippen MR) is 97.3 cm³/mol. The molecule has 0 aromatic heterocycles. The monoisotopic (exact) mass is 387 g/mol. The fourth-order valence-electron chi connectivity index (χ4n) is 2.51. The molecule has 0 unspecified atom stereocenters. The van der Waals surface area contributed by atoms with Crippen molar-refractivity contribution in [1.29, 1.82) is 0 Å². The second kappa shape index (κ2) is 7.53. The fourth-order valence-corrected chi connectivity index (χ4v) is 2.88. The first-order valence-electron chi connectivity index (χ1n) is 7.70. The Hall–Kier alpha value is -2.27. The Kier molecular flexibility index (Phi) is 5.20. The van der Waals surface area contributed by atoms with Gasteiger partial charge < -0.3 is 14.8 Å². The number of hydrogen-bond acceptors (Lipinski definition) is 3. The summed E-state index contributed by atoms with van der Waals surface area (Å²) >= 11 is 3.43. The van der Waals surface area contributed by atoms with Crippen molar-refractivity contribution in [3.63, 3.8) is 0 Å². The van der Waals surface area contributed by atoms with E-state index >= 15 is 0 Å². The highest BCUT2D eigenvalue weighted by Gasteiger charge is 2.17. The summed E-state index contributed by atoms with van der Waals surface area (Å²) in [6.45, 7) is 0.872. The molecule has 1 heterocycles. The summed E-state index contributed by atoms with van der Waals surface area (Å²) in [6.07, 6.45) is 2.65. The molecule has 0 saturated carbocycles. The summed E-state index contributed by atoms with van der Waals surface area (Å²) in [7, 11) is 1.64. The Morgan fingerprint density at radius 1 is 1.25 bits per heavy atom. The molecule has 1 amide bonds. The molecule has 4 nitrogen and oxygen atoms in total. The van der Waals surface area contributed by atoms with Crippen LogP contribution in [0, 0.1) is 0 Å². The lowest BCUT2D eigenvalue weighted by molar-refractivity contribution is -0.117. The van der Waals surface area contributed by atoms with Crippen LogP contribution in [0.15, 0.2) is 52.5 Å². The minimum Gasteiger partial charge on any atom is -0.497 e. The molecule has 5 heteroatoms. The Labute approximate surface area is 149 Å². The maximum Gasteiger partial charge on any atom is 0.250 e. The number of nitrogens with one attached hydrogen (secondary N) is 1. The van der Waals surface area contributed by atoms with Crippen LogP contribution in [0.5, 0.6) is 11.5 Å². The van der Waals surface area contributed by atoms with Crippen LogP contribution < -0.4 is 14.8 Å². The van der Waals surface area contributed by atoms with Crippen LogP contribution in [0.1, 0.15) is 11.1 Å². The molecular weight excluding hydrogens is 370 g/mol. The molecule has 1 N–H and O–H groups in total. The molecule has 2 aromatic rings. The van der Waals surface area contributed by atoms with Gasteiger partial charge in [0.25, 0.3) is 5.91 Å². The molecule has 3 rings (SSSR count). The van der Waals surface area contributed by atoms with Gasteiger partial charge in [0.15, 0.2) is 0 Å². The van der Waals surface area contributed by atoms with Crippen molar-refractivity contribution >= 4 is 27.9 Å². The van der Waals surface area contributed by atoms with Crippen molar-refractivity contribution in [2.45, 2.75) is 6.42 Å². The SMILES string of the molecule is COc1ccc(CCNC(=O)C2=Cc3cc(Br)ccc3OC2)cc1. The molecule has 124 valence electrons. The third-order valence-electron chi connectivity index (χ3n) is 3.83. The van der Waals surface area contributed by atoms with E-state index in [4.69, 9.17) is 9.47 Å². The molecule has 0 saturated heterocycles. The number of amides is 1. The van der Waals surface area contributed by atoms with Gasteiger partial charge in [0.05, 0.1) is 12.7 Å². The highest BCUT2D eigenvalue weighted by molar-refractivity contribution is 9.10. The number of hydrogen-bond donors (Lipinski definition) is 1. The number of halogens is 1. The van der Waals surface area contributed by atoms with Crippen LogP contribution in [0.3, 0.4) is 0 Å². The van der Waals surface area contributed by atoms with Crippen LogP contribution in [-0.4, -0.2) is 26.2 Å². The standard InChI is InChI=1S/C19H18BrNO3/c1-23-17-5-2-13(3-6-17)8-9-21-19(22)15-10-14-11-16(20)4-7-18(14)24-12-15/h2-7,10-11H,8-9,12H2,1H3,(H,21,22). The smallest absolute Gasteiger partial charge is 0.250 e. The Balaban J connectivity index is 1.57. The number of rotatable bonds is 5. The highest BCUT2D eigenvalue weighted by Crippen LogP contribution is 2.29. The zero-order chi connectivity index (χ0) is 16.9. The van der Waals surface area contributed by atoms with Gasteiger partial charge in [0.2, 0.25) is 0 Å². The van der Waals surface area contributed by atoms with E-state index in [1.807, 2.05) is 48.5 Å². The number of benzene rings is 2. The van der Waals surface area contributed by atoms with Gasteiger partial charge in [-0.3, -0.25) is 4.79 Å². The largest absolute Gasteiger partial charge is 0.497 e. The normalized spacial score (nSPS) is 12.7. The summed E-state index contributed by atoms with van der Waals surface area (Å²) in [6, 6.07) is 13.6. The van der Waals surface area contributed by atoms with Crippen LogP contribution in [0.25, 0.3) is 6.08 Å². The van der Waals surface area contributed by atoms with E-state index in [1.54, 1.807) is 7.11 Å². The van der Waals surface area contributed by atoms with Crippen molar-refractivity contribution in [2.75, 3.05) is 20.3 Å². The molecule has 0 fully saturated rings. The minimum atomic E-state index is -0.0888. The van der Waals surface area contributed by atoms with Gasteiger partial charge >= 0.3 is 0 Å². The van der Waals surface area contributed by atoms with Crippen molar-refractivity contribution in [1.82, 2.24) is 5.32 Å². The van der Waals surface area contributed by atoms with E-state index in [1.165, 1.54) is 0 Å². The molecular formula is C19H18BrNO3. The van der Waals surface area contributed by atoms with Gasteiger partial charge in [-0.25, -0.2) is 0 Å². The topological polar surface area (TPSA) is 47.6 Å². The lowest BCUT2D eigenvalue weighted by Gasteiger charge is -2.18. The average molecular weight is 388 g/mol. The second-order valence-electron chi connectivity index (χ2n) is 5.49. The lowest BCUT2D eigenvalue weighted by Crippen LogP contribution is -2.30. The van der Waals surface area contributed by atoms with Crippen LogP contribution >= 0.6 is 15.9 Å². The number of carbonyl (C=O) groups excluding carboxylic acids is 1. The van der Waals surface area contributed by atoms with Gasteiger partial charge in [0, 0.05) is 16.6 Å². The molecule has 1 aliphatic heterocycles. The zero-order valence-corrected chi connectivity index (χ0v) is 14.9. The lowest BCUT2D eigenvalue weighted by atomic mass is 10.1. The number of ether oxygens (including phenoxy) is 2. The van der Waals surface area contributed by atoms with Crippen LogP contribution in [-0.2, 0) is 11.2 Å². The average Bonchev–Trinajstić information content (AvgIpc) is 2.61. The Morgan fingerprint density at radius 2 is 2.04 bits per heavy atom. The van der Waals surface area contributed by atoms with Crippen LogP contribution in [0.4, 0.5) is 0 Å². The first-order chi connectivity index (χ1) is 11.7. The second-order valence-corrected chi connectivity index (χ2v) is 6.41. The summed E-state index contributed by atoms with van der Waals surface area (Å²) in [5.41, 5.74) is 2.70. The van der Waals surface area contributed by atoms with Gasteiger partial charge in [-0.2, -0.15) is 0 Å². The number of fused-ring (bicyclic) bond motifs is 1. The zero-order valence-electron chi connectivity index (χ0n) is 13.3. The summed E-state index contributed by atoms with van der Waals surface area (Å²) in [4.78, 5) is 12.3. The first-order valence-corrected chi connectivity index (χ1v) is 8.49. The quantitative estimate of drug-likeness (QED) is 0.852.